The number of aryl methyl sites for hydroxylation is 2. The first-order chi connectivity index (χ1) is 11.0. The Balaban J connectivity index is 1.77. The number of aromatic amines is 1. The molecule has 8 nitrogen and oxygen atoms in total. The van der Waals surface area contributed by atoms with Crippen molar-refractivity contribution in [2.24, 2.45) is 0 Å². The monoisotopic (exact) mass is 319 g/mol. The van der Waals surface area contributed by atoms with Crippen LogP contribution in [0, 0.1) is 6.92 Å². The first-order valence-corrected chi connectivity index (χ1v) is 7.70. The first-order valence-electron chi connectivity index (χ1n) is 7.70. The molecule has 0 aromatic carbocycles. The third kappa shape index (κ3) is 3.66. The summed E-state index contributed by atoms with van der Waals surface area (Å²) in [5.74, 6) is 0.612. The van der Waals surface area contributed by atoms with E-state index in [1.54, 1.807) is 6.92 Å². The van der Waals surface area contributed by atoms with Gasteiger partial charge in [0.15, 0.2) is 0 Å². The lowest BCUT2D eigenvalue weighted by Crippen LogP contribution is -2.25. The van der Waals surface area contributed by atoms with Gasteiger partial charge in [-0.1, -0.05) is 0 Å². The number of rotatable bonds is 4. The van der Waals surface area contributed by atoms with Gasteiger partial charge >= 0.3 is 0 Å². The molecule has 3 rings (SSSR count). The minimum absolute atomic E-state index is 0.138. The van der Waals surface area contributed by atoms with Crippen LogP contribution in [0.25, 0.3) is 0 Å². The van der Waals surface area contributed by atoms with Crippen molar-refractivity contribution in [1.29, 1.82) is 0 Å². The average molecular weight is 319 g/mol. The molecule has 3 heterocycles. The minimum atomic E-state index is -0.945. The molecular formula is C15H21N5O3. The Labute approximate surface area is 133 Å². The van der Waals surface area contributed by atoms with Crippen molar-refractivity contribution in [2.75, 3.05) is 13.2 Å². The number of nitrogens with one attached hydrogen (secondary N) is 1. The first kappa shape index (κ1) is 15.9. The third-order valence-electron chi connectivity index (χ3n) is 3.93. The summed E-state index contributed by atoms with van der Waals surface area (Å²) in [6.45, 7) is 4.34. The minimum Gasteiger partial charge on any atom is -0.393 e. The summed E-state index contributed by atoms with van der Waals surface area (Å²) in [5.41, 5.74) is 2.09. The van der Waals surface area contributed by atoms with Crippen molar-refractivity contribution in [3.8, 4) is 0 Å². The summed E-state index contributed by atoms with van der Waals surface area (Å²) in [4.78, 5) is 20.8. The second-order valence-corrected chi connectivity index (χ2v) is 5.87. The van der Waals surface area contributed by atoms with Crippen LogP contribution < -0.4 is 5.56 Å². The molecule has 2 aromatic heterocycles. The van der Waals surface area contributed by atoms with Gasteiger partial charge in [-0.15, -0.1) is 0 Å². The standard InChI is InChI=1S/C15H21N5O3/c1-10-16-11(5-15(23)17-10)7-19-3-2-4-20-12(8-19)6-13(18-20)14(22)9-21/h5-6,14,21-22H,2-4,7-9H2,1H3,(H,16,17,23). The van der Waals surface area contributed by atoms with Crippen LogP contribution in [0.15, 0.2) is 16.9 Å². The van der Waals surface area contributed by atoms with Gasteiger partial charge in [-0.05, 0) is 19.4 Å². The van der Waals surface area contributed by atoms with Crippen molar-refractivity contribution in [3.63, 3.8) is 0 Å². The molecule has 0 bridgehead atoms. The summed E-state index contributed by atoms with van der Waals surface area (Å²) in [7, 11) is 0. The number of aliphatic hydroxyl groups is 2. The molecule has 1 unspecified atom stereocenters. The van der Waals surface area contributed by atoms with E-state index in [4.69, 9.17) is 5.11 Å². The molecule has 0 aliphatic carbocycles. The van der Waals surface area contributed by atoms with Gasteiger partial charge in [0.25, 0.3) is 5.56 Å². The van der Waals surface area contributed by atoms with Gasteiger partial charge in [0.2, 0.25) is 0 Å². The summed E-state index contributed by atoms with van der Waals surface area (Å²) < 4.78 is 1.88. The molecule has 0 spiro atoms. The van der Waals surface area contributed by atoms with E-state index < -0.39 is 6.10 Å². The van der Waals surface area contributed by atoms with Gasteiger partial charge in [-0.25, -0.2) is 4.98 Å². The lowest BCUT2D eigenvalue weighted by Gasteiger charge is -2.18. The Morgan fingerprint density at radius 3 is 2.96 bits per heavy atom. The molecule has 3 N–H and O–H groups in total. The maximum absolute atomic E-state index is 11.6. The molecule has 2 aromatic rings. The lowest BCUT2D eigenvalue weighted by molar-refractivity contribution is 0.0916. The van der Waals surface area contributed by atoms with Gasteiger partial charge < -0.3 is 15.2 Å². The number of nitrogens with zero attached hydrogens (tertiary/aromatic N) is 4. The van der Waals surface area contributed by atoms with Crippen LogP contribution in [0.2, 0.25) is 0 Å². The topological polar surface area (TPSA) is 107 Å². The van der Waals surface area contributed by atoms with Gasteiger partial charge in [0.1, 0.15) is 11.9 Å². The van der Waals surface area contributed by atoms with Crippen LogP contribution in [0.4, 0.5) is 0 Å². The fraction of sp³-hybridized carbons (Fsp3) is 0.533. The maximum atomic E-state index is 11.6. The molecule has 1 aliphatic heterocycles. The van der Waals surface area contributed by atoms with Crippen LogP contribution in [-0.2, 0) is 19.6 Å². The molecule has 0 radical (unpaired) electrons. The van der Waals surface area contributed by atoms with Crippen LogP contribution >= 0.6 is 0 Å². The largest absolute Gasteiger partial charge is 0.393 e. The SMILES string of the molecule is Cc1nc(CN2CCCn3nc(C(O)CO)cc3C2)cc(=O)[nH]1. The second kappa shape index (κ2) is 6.61. The highest BCUT2D eigenvalue weighted by Crippen LogP contribution is 2.18. The van der Waals surface area contributed by atoms with Crippen LogP contribution in [0.3, 0.4) is 0 Å². The zero-order valence-corrected chi connectivity index (χ0v) is 13.1. The number of H-pyrrole nitrogens is 1. The maximum Gasteiger partial charge on any atom is 0.251 e. The zero-order chi connectivity index (χ0) is 16.4. The zero-order valence-electron chi connectivity index (χ0n) is 13.1. The summed E-state index contributed by atoms with van der Waals surface area (Å²) in [6, 6.07) is 3.35. The summed E-state index contributed by atoms with van der Waals surface area (Å²) in [6.07, 6.45) is -0.0224. The normalized spacial score (nSPS) is 16.8. The Kier molecular flexibility index (Phi) is 4.56. The smallest absolute Gasteiger partial charge is 0.251 e. The molecule has 0 fully saturated rings. The molecule has 23 heavy (non-hydrogen) atoms. The molecular weight excluding hydrogens is 298 g/mol. The van der Waals surface area contributed by atoms with Crippen LogP contribution in [0.5, 0.6) is 0 Å². The van der Waals surface area contributed by atoms with Gasteiger partial charge in [-0.3, -0.25) is 14.4 Å². The quantitative estimate of drug-likeness (QED) is 0.715. The van der Waals surface area contributed by atoms with Crippen molar-refractivity contribution >= 4 is 0 Å². The third-order valence-corrected chi connectivity index (χ3v) is 3.93. The Morgan fingerprint density at radius 1 is 1.39 bits per heavy atom. The highest BCUT2D eigenvalue weighted by Gasteiger charge is 2.20. The van der Waals surface area contributed by atoms with E-state index >= 15 is 0 Å². The lowest BCUT2D eigenvalue weighted by atomic mass is 10.2. The van der Waals surface area contributed by atoms with E-state index in [2.05, 4.69) is 20.0 Å². The van der Waals surface area contributed by atoms with Gasteiger partial charge in [-0.2, -0.15) is 5.10 Å². The molecule has 0 saturated heterocycles. The molecule has 1 aliphatic rings. The average Bonchev–Trinajstić information content (AvgIpc) is 2.79. The summed E-state index contributed by atoms with van der Waals surface area (Å²) >= 11 is 0. The predicted octanol–water partition coefficient (Wildman–Crippen LogP) is -0.294. The Bertz CT molecular complexity index is 739. The number of hydrogen-bond donors (Lipinski definition) is 3. The number of aliphatic hydroxyl groups excluding tert-OH is 2. The van der Waals surface area contributed by atoms with E-state index in [1.807, 2.05) is 10.7 Å². The number of hydrogen-bond acceptors (Lipinski definition) is 6. The summed E-state index contributed by atoms with van der Waals surface area (Å²) in [5, 5.41) is 23.1. The molecule has 8 heteroatoms. The van der Waals surface area contributed by atoms with Crippen molar-refractivity contribution in [1.82, 2.24) is 24.6 Å². The highest BCUT2D eigenvalue weighted by atomic mass is 16.3. The van der Waals surface area contributed by atoms with E-state index in [1.165, 1.54) is 6.07 Å². The van der Waals surface area contributed by atoms with E-state index in [0.29, 0.717) is 24.6 Å². The fourth-order valence-electron chi connectivity index (χ4n) is 2.89. The van der Waals surface area contributed by atoms with E-state index in [-0.39, 0.29) is 12.2 Å². The number of aromatic nitrogens is 4. The van der Waals surface area contributed by atoms with Crippen LogP contribution in [-0.4, -0.2) is 48.0 Å². The number of fused-ring (bicyclic) bond motifs is 1. The fourth-order valence-corrected chi connectivity index (χ4v) is 2.89. The molecule has 1 atom stereocenters. The molecule has 0 amide bonds. The predicted molar refractivity (Wildman–Crippen MR) is 82.6 cm³/mol. The van der Waals surface area contributed by atoms with Crippen molar-refractivity contribution < 1.29 is 10.2 Å². The van der Waals surface area contributed by atoms with Gasteiger partial charge in [0, 0.05) is 32.2 Å². The van der Waals surface area contributed by atoms with Crippen LogP contribution in [0.1, 0.15) is 35.4 Å². The van der Waals surface area contributed by atoms with Crippen molar-refractivity contribution in [2.45, 2.75) is 39.1 Å². The molecule has 0 saturated carbocycles. The Hall–Kier alpha value is -2.03. The van der Waals surface area contributed by atoms with Gasteiger partial charge in [0.05, 0.1) is 23.7 Å². The van der Waals surface area contributed by atoms with E-state index in [0.717, 1.165) is 30.9 Å². The molecule has 124 valence electrons. The highest BCUT2D eigenvalue weighted by molar-refractivity contribution is 5.14. The Morgan fingerprint density at radius 2 is 2.22 bits per heavy atom. The van der Waals surface area contributed by atoms with E-state index in [9.17, 15) is 9.90 Å². The second-order valence-electron chi connectivity index (χ2n) is 5.87. The van der Waals surface area contributed by atoms with Crippen molar-refractivity contribution in [3.05, 3.63) is 45.4 Å².